The molecule has 0 atom stereocenters. The summed E-state index contributed by atoms with van der Waals surface area (Å²) in [7, 11) is 0. The maximum Gasteiger partial charge on any atom is 0.0599 e. The monoisotopic (exact) mass is 242 g/mol. The third-order valence-corrected chi connectivity index (χ3v) is 3.86. The molecule has 0 fully saturated rings. The van der Waals surface area contributed by atoms with Crippen LogP contribution in [0.15, 0.2) is 41.8 Å². The second-order valence-electron chi connectivity index (χ2n) is 4.04. The van der Waals surface area contributed by atoms with E-state index in [0.717, 1.165) is 6.42 Å². The normalized spacial score (nSPS) is 11.1. The topological polar surface area (TPSA) is 41.8 Å². The van der Waals surface area contributed by atoms with E-state index in [1.807, 2.05) is 0 Å². The van der Waals surface area contributed by atoms with Gasteiger partial charge in [-0.15, -0.1) is 11.3 Å². The Kier molecular flexibility index (Phi) is 2.71. The van der Waals surface area contributed by atoms with Crippen molar-refractivity contribution in [2.45, 2.75) is 6.42 Å². The van der Waals surface area contributed by atoms with Gasteiger partial charge in [0.15, 0.2) is 0 Å². The van der Waals surface area contributed by atoms with E-state index in [4.69, 9.17) is 5.73 Å². The molecule has 3 heteroatoms. The summed E-state index contributed by atoms with van der Waals surface area (Å²) < 4.78 is 0. The van der Waals surface area contributed by atoms with Crippen LogP contribution in [0.25, 0.3) is 21.5 Å². The van der Waals surface area contributed by atoms with Gasteiger partial charge in [-0.25, -0.2) is 0 Å². The maximum atomic E-state index is 5.72. The van der Waals surface area contributed by atoms with E-state index in [-0.39, 0.29) is 0 Å². The Morgan fingerprint density at radius 2 is 2.00 bits per heavy atom. The number of nitrogens with one attached hydrogen (secondary N) is 1. The van der Waals surface area contributed by atoms with Crippen LogP contribution in [-0.2, 0) is 6.42 Å². The molecule has 86 valence electrons. The van der Waals surface area contributed by atoms with E-state index in [9.17, 15) is 0 Å². The lowest BCUT2D eigenvalue weighted by Gasteiger charge is -2.00. The zero-order valence-electron chi connectivity index (χ0n) is 9.44. The van der Waals surface area contributed by atoms with Crippen LogP contribution in [0.1, 0.15) is 5.56 Å². The van der Waals surface area contributed by atoms with E-state index in [1.54, 1.807) is 11.3 Å². The van der Waals surface area contributed by atoms with Crippen molar-refractivity contribution in [2.24, 2.45) is 5.73 Å². The Labute approximate surface area is 104 Å². The third kappa shape index (κ3) is 1.77. The predicted molar refractivity (Wildman–Crippen MR) is 74.4 cm³/mol. The van der Waals surface area contributed by atoms with Gasteiger partial charge >= 0.3 is 0 Å². The van der Waals surface area contributed by atoms with Gasteiger partial charge < -0.3 is 10.7 Å². The van der Waals surface area contributed by atoms with Crippen LogP contribution < -0.4 is 5.73 Å². The summed E-state index contributed by atoms with van der Waals surface area (Å²) in [5.41, 5.74) is 9.48. The molecule has 17 heavy (non-hydrogen) atoms. The molecule has 2 heterocycles. The van der Waals surface area contributed by atoms with Crippen molar-refractivity contribution in [1.82, 2.24) is 4.98 Å². The highest BCUT2D eigenvalue weighted by atomic mass is 32.1. The van der Waals surface area contributed by atoms with Crippen LogP contribution in [0, 0.1) is 0 Å². The van der Waals surface area contributed by atoms with Crippen LogP contribution in [0.2, 0.25) is 0 Å². The molecule has 0 radical (unpaired) electrons. The number of hydrogen-bond acceptors (Lipinski definition) is 2. The fraction of sp³-hybridized carbons (Fsp3) is 0.143. The number of aromatic amines is 1. The number of nitrogens with two attached hydrogens (primary N) is 1. The number of hydrogen-bond donors (Lipinski definition) is 2. The molecule has 0 aliphatic heterocycles. The SMILES string of the molecule is NCCc1c(-c2cccs2)[nH]c2ccccc12. The highest BCUT2D eigenvalue weighted by Crippen LogP contribution is 2.32. The molecule has 2 aromatic heterocycles. The summed E-state index contributed by atoms with van der Waals surface area (Å²) in [6.07, 6.45) is 0.914. The van der Waals surface area contributed by atoms with Gasteiger partial charge in [0.1, 0.15) is 0 Å². The molecule has 0 saturated heterocycles. The van der Waals surface area contributed by atoms with Crippen molar-refractivity contribution in [3.05, 3.63) is 47.3 Å². The first kappa shape index (κ1) is 10.6. The predicted octanol–water partition coefficient (Wildman–Crippen LogP) is 3.40. The van der Waals surface area contributed by atoms with Crippen LogP contribution in [0.5, 0.6) is 0 Å². The summed E-state index contributed by atoms with van der Waals surface area (Å²) in [5.74, 6) is 0. The van der Waals surface area contributed by atoms with Gasteiger partial charge in [-0.1, -0.05) is 24.3 Å². The third-order valence-electron chi connectivity index (χ3n) is 2.98. The smallest absolute Gasteiger partial charge is 0.0599 e. The lowest BCUT2D eigenvalue weighted by molar-refractivity contribution is 0.979. The van der Waals surface area contributed by atoms with Gasteiger partial charge in [0.25, 0.3) is 0 Å². The number of thiophene rings is 1. The molecule has 0 spiro atoms. The Morgan fingerprint density at radius 3 is 2.76 bits per heavy atom. The molecule has 0 aliphatic carbocycles. The second-order valence-corrected chi connectivity index (χ2v) is 4.99. The van der Waals surface area contributed by atoms with Gasteiger partial charge in [0, 0.05) is 10.9 Å². The first-order chi connectivity index (χ1) is 8.40. The molecule has 3 N–H and O–H groups in total. The summed E-state index contributed by atoms with van der Waals surface area (Å²) in [6, 6.07) is 12.6. The summed E-state index contributed by atoms with van der Waals surface area (Å²) >= 11 is 1.76. The molecular formula is C14H14N2S. The molecule has 3 rings (SSSR count). The molecule has 0 unspecified atom stereocenters. The summed E-state index contributed by atoms with van der Waals surface area (Å²) in [6.45, 7) is 0.681. The number of fused-ring (bicyclic) bond motifs is 1. The van der Waals surface area contributed by atoms with E-state index >= 15 is 0 Å². The first-order valence-corrected chi connectivity index (χ1v) is 6.61. The van der Waals surface area contributed by atoms with Gasteiger partial charge in [0.05, 0.1) is 10.6 Å². The molecule has 0 bridgehead atoms. The van der Waals surface area contributed by atoms with Crippen molar-refractivity contribution >= 4 is 22.2 Å². The quantitative estimate of drug-likeness (QED) is 0.726. The largest absolute Gasteiger partial charge is 0.354 e. The Hall–Kier alpha value is -1.58. The first-order valence-electron chi connectivity index (χ1n) is 5.73. The van der Waals surface area contributed by atoms with Crippen LogP contribution in [0.3, 0.4) is 0 Å². The number of benzene rings is 1. The average Bonchev–Trinajstić information content (AvgIpc) is 2.97. The van der Waals surface area contributed by atoms with Crippen molar-refractivity contribution in [3.63, 3.8) is 0 Å². The summed E-state index contributed by atoms with van der Waals surface area (Å²) in [5, 5.41) is 3.40. The van der Waals surface area contributed by atoms with Gasteiger partial charge in [-0.05, 0) is 36.0 Å². The van der Waals surface area contributed by atoms with Crippen molar-refractivity contribution < 1.29 is 0 Å². The number of H-pyrrole nitrogens is 1. The minimum atomic E-state index is 0.681. The standard InChI is InChI=1S/C14H14N2S/c15-8-7-11-10-4-1-2-5-12(10)16-14(11)13-6-3-9-17-13/h1-6,9,16H,7-8,15H2. The van der Waals surface area contributed by atoms with Gasteiger partial charge in [-0.2, -0.15) is 0 Å². The fourth-order valence-electron chi connectivity index (χ4n) is 2.24. The van der Waals surface area contributed by atoms with E-state index in [2.05, 4.69) is 46.8 Å². The minimum Gasteiger partial charge on any atom is -0.354 e. The lowest BCUT2D eigenvalue weighted by Crippen LogP contribution is -2.03. The number of aromatic nitrogens is 1. The fourth-order valence-corrected chi connectivity index (χ4v) is 2.99. The Balaban J connectivity index is 2.26. The van der Waals surface area contributed by atoms with Crippen molar-refractivity contribution in [2.75, 3.05) is 6.54 Å². The molecule has 0 aliphatic rings. The summed E-state index contributed by atoms with van der Waals surface area (Å²) in [4.78, 5) is 4.79. The second kappa shape index (κ2) is 4.35. The molecular weight excluding hydrogens is 228 g/mol. The highest BCUT2D eigenvalue weighted by Gasteiger charge is 2.12. The van der Waals surface area contributed by atoms with Gasteiger partial charge in [-0.3, -0.25) is 0 Å². The minimum absolute atomic E-state index is 0.681. The zero-order chi connectivity index (χ0) is 11.7. The average molecular weight is 242 g/mol. The molecule has 0 amide bonds. The van der Waals surface area contributed by atoms with E-state index in [0.29, 0.717) is 6.54 Å². The Bertz CT molecular complexity index is 623. The van der Waals surface area contributed by atoms with Crippen molar-refractivity contribution in [3.8, 4) is 10.6 Å². The molecule has 0 saturated carbocycles. The number of para-hydroxylation sites is 1. The molecule has 2 nitrogen and oxygen atoms in total. The highest BCUT2D eigenvalue weighted by molar-refractivity contribution is 7.13. The van der Waals surface area contributed by atoms with Crippen molar-refractivity contribution in [1.29, 1.82) is 0 Å². The van der Waals surface area contributed by atoms with E-state index < -0.39 is 0 Å². The molecule has 3 aromatic rings. The number of rotatable bonds is 3. The van der Waals surface area contributed by atoms with E-state index in [1.165, 1.54) is 27.0 Å². The van der Waals surface area contributed by atoms with Gasteiger partial charge in [0.2, 0.25) is 0 Å². The van der Waals surface area contributed by atoms with Crippen LogP contribution in [-0.4, -0.2) is 11.5 Å². The van der Waals surface area contributed by atoms with Crippen LogP contribution >= 0.6 is 11.3 Å². The maximum absolute atomic E-state index is 5.72. The van der Waals surface area contributed by atoms with Crippen LogP contribution in [0.4, 0.5) is 0 Å². The molecule has 1 aromatic carbocycles. The zero-order valence-corrected chi connectivity index (χ0v) is 10.3. The Morgan fingerprint density at radius 1 is 1.12 bits per heavy atom. The lowest BCUT2D eigenvalue weighted by atomic mass is 10.1.